The van der Waals surface area contributed by atoms with E-state index in [2.05, 4.69) is 41.3 Å². The topological polar surface area (TPSA) is 43.8 Å². The van der Waals surface area contributed by atoms with E-state index in [0.717, 1.165) is 35.7 Å². The molecule has 0 amide bonds. The third-order valence-corrected chi connectivity index (χ3v) is 7.73. The summed E-state index contributed by atoms with van der Waals surface area (Å²) in [6, 6.07) is 12.6. The molecular formula is C22H24Cl2N2O2S. The molecule has 1 N–H and O–H groups in total. The monoisotopic (exact) mass is 450 g/mol. The van der Waals surface area contributed by atoms with Gasteiger partial charge >= 0.3 is 5.97 Å². The van der Waals surface area contributed by atoms with Gasteiger partial charge in [-0.05, 0) is 80.1 Å². The van der Waals surface area contributed by atoms with Crippen LogP contribution >= 0.6 is 35.1 Å². The normalized spacial score (nSPS) is 24.6. The van der Waals surface area contributed by atoms with Crippen molar-refractivity contribution in [1.82, 2.24) is 4.31 Å². The first kappa shape index (κ1) is 20.9. The zero-order chi connectivity index (χ0) is 20.7. The lowest BCUT2D eigenvalue weighted by Gasteiger charge is -2.44. The van der Waals surface area contributed by atoms with Crippen molar-refractivity contribution in [2.75, 3.05) is 18.0 Å². The quantitative estimate of drug-likeness (QED) is 0.603. The summed E-state index contributed by atoms with van der Waals surface area (Å²) in [6.45, 7) is 6.16. The summed E-state index contributed by atoms with van der Waals surface area (Å²) in [4.78, 5) is 15.0. The highest BCUT2D eigenvalue weighted by Crippen LogP contribution is 2.39. The molecule has 1 heterocycles. The maximum Gasteiger partial charge on any atom is 0.310 e. The first-order valence-corrected chi connectivity index (χ1v) is 11.4. The zero-order valence-electron chi connectivity index (χ0n) is 16.4. The van der Waals surface area contributed by atoms with Crippen LogP contribution < -0.4 is 4.90 Å². The van der Waals surface area contributed by atoms with Crippen LogP contribution in [-0.4, -0.2) is 40.6 Å². The third kappa shape index (κ3) is 4.24. The van der Waals surface area contributed by atoms with Crippen LogP contribution in [0.2, 0.25) is 10.0 Å². The highest BCUT2D eigenvalue weighted by atomic mass is 35.5. The van der Waals surface area contributed by atoms with Gasteiger partial charge in [-0.1, -0.05) is 29.3 Å². The molecule has 1 fully saturated rings. The summed E-state index contributed by atoms with van der Waals surface area (Å²) < 4.78 is 2.41. The maximum absolute atomic E-state index is 11.5. The summed E-state index contributed by atoms with van der Waals surface area (Å²) >= 11 is 14.2. The van der Waals surface area contributed by atoms with E-state index >= 15 is 0 Å². The number of anilines is 1. The van der Waals surface area contributed by atoms with Crippen molar-refractivity contribution >= 4 is 46.8 Å². The van der Waals surface area contributed by atoms with Crippen LogP contribution in [0.1, 0.15) is 37.3 Å². The Morgan fingerprint density at radius 3 is 2.48 bits per heavy atom. The van der Waals surface area contributed by atoms with Crippen molar-refractivity contribution in [3.63, 3.8) is 0 Å². The Labute approximate surface area is 185 Å². The molecule has 3 atom stereocenters. The molecule has 0 aromatic heterocycles. The smallest absolute Gasteiger partial charge is 0.310 e. The lowest BCUT2D eigenvalue weighted by molar-refractivity contribution is -0.138. The average molecular weight is 451 g/mol. The molecule has 154 valence electrons. The van der Waals surface area contributed by atoms with Crippen molar-refractivity contribution in [2.24, 2.45) is 0 Å². The van der Waals surface area contributed by atoms with Gasteiger partial charge in [0, 0.05) is 35.1 Å². The van der Waals surface area contributed by atoms with Gasteiger partial charge in [0.05, 0.1) is 16.6 Å². The van der Waals surface area contributed by atoms with E-state index < -0.39 is 5.97 Å². The Hall–Kier alpha value is -1.40. The van der Waals surface area contributed by atoms with Crippen molar-refractivity contribution in [3.05, 3.63) is 57.6 Å². The average Bonchev–Trinajstić information content (AvgIpc) is 3.08. The third-order valence-electron chi connectivity index (χ3n) is 5.79. The molecule has 2 aromatic rings. The van der Waals surface area contributed by atoms with E-state index in [0.29, 0.717) is 28.5 Å². The van der Waals surface area contributed by atoms with Gasteiger partial charge in [-0.2, -0.15) is 0 Å². The van der Waals surface area contributed by atoms with Crippen LogP contribution in [0.15, 0.2) is 41.3 Å². The lowest BCUT2D eigenvalue weighted by atomic mass is 10.0. The van der Waals surface area contributed by atoms with Crippen LogP contribution in [0, 0.1) is 0 Å². The molecule has 4 rings (SSSR count). The largest absolute Gasteiger partial charge is 0.481 e. The van der Waals surface area contributed by atoms with Gasteiger partial charge in [0.1, 0.15) is 0 Å². The van der Waals surface area contributed by atoms with Crippen LogP contribution in [0.4, 0.5) is 5.69 Å². The van der Waals surface area contributed by atoms with Gasteiger partial charge in [-0.15, -0.1) is 0 Å². The van der Waals surface area contributed by atoms with Gasteiger partial charge in [0.15, 0.2) is 0 Å². The molecule has 1 saturated heterocycles. The van der Waals surface area contributed by atoms with Crippen LogP contribution in [-0.2, 0) is 11.2 Å². The lowest BCUT2D eigenvalue weighted by Crippen LogP contribution is -2.54. The fraction of sp³-hybridized carbons (Fsp3) is 0.409. The van der Waals surface area contributed by atoms with Gasteiger partial charge in [0.2, 0.25) is 0 Å². The second kappa shape index (κ2) is 8.38. The van der Waals surface area contributed by atoms with E-state index in [1.54, 1.807) is 18.0 Å². The fourth-order valence-corrected chi connectivity index (χ4v) is 6.01. The molecule has 0 radical (unpaired) electrons. The van der Waals surface area contributed by atoms with Crippen molar-refractivity contribution in [2.45, 2.75) is 49.6 Å². The molecule has 7 heteroatoms. The predicted molar refractivity (Wildman–Crippen MR) is 120 cm³/mol. The number of aryl methyl sites for hydroxylation is 1. The number of rotatable bonds is 4. The zero-order valence-corrected chi connectivity index (χ0v) is 18.8. The minimum Gasteiger partial charge on any atom is -0.481 e. The van der Waals surface area contributed by atoms with Crippen molar-refractivity contribution in [3.8, 4) is 0 Å². The number of halogens is 2. The molecule has 29 heavy (non-hydrogen) atoms. The number of carboxylic acids is 1. The highest BCUT2D eigenvalue weighted by molar-refractivity contribution is 7.97. The fourth-order valence-electron chi connectivity index (χ4n) is 4.44. The van der Waals surface area contributed by atoms with Crippen LogP contribution in [0.25, 0.3) is 0 Å². The molecule has 3 unspecified atom stereocenters. The minimum atomic E-state index is -0.721. The second-order valence-electron chi connectivity index (χ2n) is 7.94. The van der Waals surface area contributed by atoms with Gasteiger partial charge < -0.3 is 10.0 Å². The SMILES string of the molecule is CC1CN(c2ccc(Cl)cc2Cl)CC(C)N1Sc1ccc2c(c1)C(C(=O)O)CC2. The van der Waals surface area contributed by atoms with Gasteiger partial charge in [-0.3, -0.25) is 4.79 Å². The van der Waals surface area contributed by atoms with E-state index in [-0.39, 0.29) is 5.92 Å². The highest BCUT2D eigenvalue weighted by Gasteiger charge is 2.33. The number of carbonyl (C=O) groups is 1. The number of hydrogen-bond acceptors (Lipinski definition) is 4. The Bertz CT molecular complexity index is 927. The first-order valence-electron chi connectivity index (χ1n) is 9.85. The second-order valence-corrected chi connectivity index (χ2v) is 9.86. The van der Waals surface area contributed by atoms with Crippen LogP contribution in [0.3, 0.4) is 0 Å². The number of carboxylic acid groups (broad SMARTS) is 1. The molecule has 0 bridgehead atoms. The molecule has 2 aliphatic rings. The van der Waals surface area contributed by atoms with Gasteiger partial charge in [0.25, 0.3) is 0 Å². The number of benzene rings is 2. The van der Waals surface area contributed by atoms with E-state index in [9.17, 15) is 9.90 Å². The number of aliphatic carboxylic acids is 1. The Kier molecular flexibility index (Phi) is 6.03. The molecule has 0 spiro atoms. The number of piperazine rings is 1. The van der Waals surface area contributed by atoms with Crippen molar-refractivity contribution < 1.29 is 9.90 Å². The summed E-state index contributed by atoms with van der Waals surface area (Å²) in [5.74, 6) is -1.09. The Morgan fingerprint density at radius 1 is 1.10 bits per heavy atom. The van der Waals surface area contributed by atoms with Gasteiger partial charge in [-0.25, -0.2) is 4.31 Å². The summed E-state index contributed by atoms with van der Waals surface area (Å²) in [7, 11) is 0. The molecule has 4 nitrogen and oxygen atoms in total. The first-order chi connectivity index (χ1) is 13.8. The molecular weight excluding hydrogens is 427 g/mol. The summed E-state index contributed by atoms with van der Waals surface area (Å²) in [5.41, 5.74) is 3.17. The van der Waals surface area contributed by atoms with E-state index in [1.165, 1.54) is 5.56 Å². The Morgan fingerprint density at radius 2 is 1.83 bits per heavy atom. The van der Waals surface area contributed by atoms with E-state index in [1.807, 2.05) is 12.1 Å². The molecule has 1 aliphatic heterocycles. The Balaban J connectivity index is 1.50. The summed E-state index contributed by atoms with van der Waals surface area (Å²) in [6.07, 6.45) is 1.55. The minimum absolute atomic E-state index is 0.305. The summed E-state index contributed by atoms with van der Waals surface area (Å²) in [5, 5.41) is 10.8. The van der Waals surface area contributed by atoms with E-state index in [4.69, 9.17) is 23.2 Å². The predicted octanol–water partition coefficient (Wildman–Crippen LogP) is 5.71. The number of hydrogen-bond donors (Lipinski definition) is 1. The van der Waals surface area contributed by atoms with Crippen molar-refractivity contribution in [1.29, 1.82) is 0 Å². The molecule has 1 aliphatic carbocycles. The molecule has 0 saturated carbocycles. The standard InChI is InChI=1S/C22H24Cl2N2O2S/c1-13-11-25(21-8-5-16(23)9-20(21)24)12-14(2)26(13)29-17-6-3-15-4-7-18(22(27)28)19(15)10-17/h3,5-6,8-10,13-14,18H,4,7,11-12H2,1-2H3,(H,27,28). The molecule has 2 aromatic carbocycles. The number of nitrogens with zero attached hydrogens (tertiary/aromatic N) is 2. The maximum atomic E-state index is 11.5. The van der Waals surface area contributed by atoms with Crippen LogP contribution in [0.5, 0.6) is 0 Å². The number of fused-ring (bicyclic) bond motifs is 1.